The molecular weight excluding hydrogens is 222 g/mol. The lowest BCUT2D eigenvalue weighted by atomic mass is 9.64. The van der Waals surface area contributed by atoms with Gasteiger partial charge in [0.05, 0.1) is 0 Å². The number of ketones is 1. The SMILES string of the molecule is NCC1(C(=O)c2ccc3ccccc3c2)CCC1. The highest BCUT2D eigenvalue weighted by molar-refractivity contribution is 6.04. The second-order valence-electron chi connectivity index (χ2n) is 5.23. The van der Waals surface area contributed by atoms with Gasteiger partial charge in [-0.25, -0.2) is 0 Å². The second kappa shape index (κ2) is 4.21. The van der Waals surface area contributed by atoms with Crippen LogP contribution in [0, 0.1) is 5.41 Å². The van der Waals surface area contributed by atoms with Gasteiger partial charge >= 0.3 is 0 Å². The predicted octanol–water partition coefficient (Wildman–Crippen LogP) is 3.15. The minimum Gasteiger partial charge on any atom is -0.329 e. The first-order valence-electron chi connectivity index (χ1n) is 6.49. The molecule has 0 unspecified atom stereocenters. The minimum atomic E-state index is -0.275. The summed E-state index contributed by atoms with van der Waals surface area (Å²) in [5, 5.41) is 2.29. The number of nitrogens with two attached hydrogens (primary N) is 1. The molecule has 1 fully saturated rings. The zero-order valence-electron chi connectivity index (χ0n) is 10.4. The summed E-state index contributed by atoms with van der Waals surface area (Å²) in [7, 11) is 0. The Kier molecular flexibility index (Phi) is 2.67. The van der Waals surface area contributed by atoms with Crippen molar-refractivity contribution in [2.75, 3.05) is 6.54 Å². The second-order valence-corrected chi connectivity index (χ2v) is 5.23. The molecule has 3 rings (SSSR count). The summed E-state index contributed by atoms with van der Waals surface area (Å²) in [5.41, 5.74) is 6.33. The number of hydrogen-bond acceptors (Lipinski definition) is 2. The van der Waals surface area contributed by atoms with Gasteiger partial charge in [0, 0.05) is 17.5 Å². The molecule has 1 saturated carbocycles. The van der Waals surface area contributed by atoms with Crippen molar-refractivity contribution in [2.24, 2.45) is 11.1 Å². The van der Waals surface area contributed by atoms with Crippen molar-refractivity contribution in [3.63, 3.8) is 0 Å². The Morgan fingerprint density at radius 1 is 1.11 bits per heavy atom. The quantitative estimate of drug-likeness (QED) is 0.836. The van der Waals surface area contributed by atoms with Crippen molar-refractivity contribution in [1.29, 1.82) is 0 Å². The summed E-state index contributed by atoms with van der Waals surface area (Å²) in [6, 6.07) is 14.1. The molecule has 0 heterocycles. The van der Waals surface area contributed by atoms with Crippen LogP contribution >= 0.6 is 0 Å². The highest BCUT2D eigenvalue weighted by atomic mass is 16.1. The van der Waals surface area contributed by atoms with Crippen molar-refractivity contribution in [3.05, 3.63) is 48.0 Å². The summed E-state index contributed by atoms with van der Waals surface area (Å²) >= 11 is 0. The molecule has 0 saturated heterocycles. The van der Waals surface area contributed by atoms with Crippen molar-refractivity contribution in [3.8, 4) is 0 Å². The van der Waals surface area contributed by atoms with Crippen LogP contribution in [0.1, 0.15) is 29.6 Å². The van der Waals surface area contributed by atoms with Gasteiger partial charge in [0.15, 0.2) is 5.78 Å². The number of rotatable bonds is 3. The Hall–Kier alpha value is -1.67. The molecule has 0 spiro atoms. The molecule has 1 aliphatic carbocycles. The van der Waals surface area contributed by atoms with Gasteiger partial charge in [-0.15, -0.1) is 0 Å². The van der Waals surface area contributed by atoms with E-state index in [0.29, 0.717) is 6.54 Å². The monoisotopic (exact) mass is 239 g/mol. The largest absolute Gasteiger partial charge is 0.329 e. The van der Waals surface area contributed by atoms with Crippen molar-refractivity contribution in [2.45, 2.75) is 19.3 Å². The van der Waals surface area contributed by atoms with Crippen LogP contribution in [-0.4, -0.2) is 12.3 Å². The number of hydrogen-bond donors (Lipinski definition) is 1. The van der Waals surface area contributed by atoms with E-state index in [0.717, 1.165) is 30.2 Å². The van der Waals surface area contributed by atoms with E-state index in [1.807, 2.05) is 36.4 Å². The van der Waals surface area contributed by atoms with Gasteiger partial charge in [0.25, 0.3) is 0 Å². The maximum Gasteiger partial charge on any atom is 0.170 e. The molecule has 0 bridgehead atoms. The number of carbonyl (C=O) groups excluding carboxylic acids is 1. The third kappa shape index (κ3) is 1.65. The predicted molar refractivity (Wildman–Crippen MR) is 73.6 cm³/mol. The Morgan fingerprint density at radius 3 is 2.44 bits per heavy atom. The highest BCUT2D eigenvalue weighted by Crippen LogP contribution is 2.42. The van der Waals surface area contributed by atoms with Crippen molar-refractivity contribution >= 4 is 16.6 Å². The van der Waals surface area contributed by atoms with Crippen LogP contribution in [0.15, 0.2) is 42.5 Å². The van der Waals surface area contributed by atoms with Gasteiger partial charge in [-0.1, -0.05) is 42.8 Å². The third-order valence-corrected chi connectivity index (χ3v) is 4.19. The van der Waals surface area contributed by atoms with Crippen LogP contribution < -0.4 is 5.73 Å². The molecule has 1 aliphatic rings. The first-order chi connectivity index (χ1) is 8.75. The molecule has 2 heteroatoms. The molecule has 92 valence electrons. The van der Waals surface area contributed by atoms with Gasteiger partial charge in [0.1, 0.15) is 0 Å². The Morgan fingerprint density at radius 2 is 1.83 bits per heavy atom. The molecule has 2 N–H and O–H groups in total. The van der Waals surface area contributed by atoms with Crippen molar-refractivity contribution < 1.29 is 4.79 Å². The van der Waals surface area contributed by atoms with E-state index in [2.05, 4.69) is 6.07 Å². The smallest absolute Gasteiger partial charge is 0.170 e. The number of carbonyl (C=O) groups is 1. The standard InChI is InChI=1S/C16H17NO/c17-11-16(8-3-9-16)15(18)14-7-6-12-4-1-2-5-13(12)10-14/h1-2,4-7,10H,3,8-9,11,17H2. The van der Waals surface area contributed by atoms with E-state index in [1.165, 1.54) is 5.39 Å². The minimum absolute atomic E-state index is 0.224. The van der Waals surface area contributed by atoms with Gasteiger partial charge in [-0.05, 0) is 29.7 Å². The van der Waals surface area contributed by atoms with Crippen LogP contribution in [-0.2, 0) is 0 Å². The first kappa shape index (κ1) is 11.4. The molecule has 0 aromatic heterocycles. The summed E-state index contributed by atoms with van der Waals surface area (Å²) in [6.07, 6.45) is 3.00. The molecule has 0 amide bonds. The van der Waals surface area contributed by atoms with Crippen LogP contribution in [0.4, 0.5) is 0 Å². The fourth-order valence-electron chi connectivity index (χ4n) is 2.76. The number of Topliss-reactive ketones (excluding diaryl/α,β-unsaturated/α-hetero) is 1. The maximum atomic E-state index is 12.5. The van der Waals surface area contributed by atoms with Gasteiger partial charge in [0.2, 0.25) is 0 Å². The number of benzene rings is 2. The van der Waals surface area contributed by atoms with Gasteiger partial charge in [-0.2, -0.15) is 0 Å². The van der Waals surface area contributed by atoms with E-state index in [-0.39, 0.29) is 11.2 Å². The molecule has 0 atom stereocenters. The van der Waals surface area contributed by atoms with Crippen LogP contribution in [0.25, 0.3) is 10.8 Å². The summed E-state index contributed by atoms with van der Waals surface area (Å²) in [4.78, 5) is 12.5. The molecule has 2 nitrogen and oxygen atoms in total. The van der Waals surface area contributed by atoms with Gasteiger partial charge < -0.3 is 5.73 Å². The van der Waals surface area contributed by atoms with E-state index >= 15 is 0 Å². The summed E-state index contributed by atoms with van der Waals surface area (Å²) < 4.78 is 0. The fraction of sp³-hybridized carbons (Fsp3) is 0.312. The average Bonchev–Trinajstić information content (AvgIpc) is 2.37. The molecule has 2 aromatic carbocycles. The number of fused-ring (bicyclic) bond motifs is 1. The maximum absolute atomic E-state index is 12.5. The zero-order valence-corrected chi connectivity index (χ0v) is 10.4. The molecule has 0 aliphatic heterocycles. The van der Waals surface area contributed by atoms with Gasteiger partial charge in [-0.3, -0.25) is 4.79 Å². The molecule has 18 heavy (non-hydrogen) atoms. The van der Waals surface area contributed by atoms with Crippen LogP contribution in [0.3, 0.4) is 0 Å². The fourth-order valence-corrected chi connectivity index (χ4v) is 2.76. The Bertz CT molecular complexity index is 593. The lowest BCUT2D eigenvalue weighted by Gasteiger charge is -2.39. The molecule has 2 aromatic rings. The topological polar surface area (TPSA) is 43.1 Å². The van der Waals surface area contributed by atoms with Crippen molar-refractivity contribution in [1.82, 2.24) is 0 Å². The normalized spacial score (nSPS) is 17.4. The zero-order chi connectivity index (χ0) is 12.6. The molecular formula is C16H17NO. The lowest BCUT2D eigenvalue weighted by Crippen LogP contribution is -2.44. The summed E-state index contributed by atoms with van der Waals surface area (Å²) in [5.74, 6) is 0.224. The Balaban J connectivity index is 2.01. The molecule has 0 radical (unpaired) electrons. The Labute approximate surface area is 107 Å². The van der Waals surface area contributed by atoms with Crippen LogP contribution in [0.2, 0.25) is 0 Å². The van der Waals surface area contributed by atoms with Crippen LogP contribution in [0.5, 0.6) is 0 Å². The van der Waals surface area contributed by atoms with E-state index in [1.54, 1.807) is 0 Å². The highest BCUT2D eigenvalue weighted by Gasteiger charge is 2.42. The van der Waals surface area contributed by atoms with E-state index in [4.69, 9.17) is 5.73 Å². The summed E-state index contributed by atoms with van der Waals surface area (Å²) in [6.45, 7) is 0.471. The lowest BCUT2D eigenvalue weighted by molar-refractivity contribution is 0.0636. The first-order valence-corrected chi connectivity index (χ1v) is 6.49. The average molecular weight is 239 g/mol. The third-order valence-electron chi connectivity index (χ3n) is 4.19. The van der Waals surface area contributed by atoms with E-state index in [9.17, 15) is 4.79 Å². The van der Waals surface area contributed by atoms with E-state index < -0.39 is 0 Å².